The van der Waals surface area contributed by atoms with Crippen molar-refractivity contribution in [2.24, 2.45) is 0 Å². The molecule has 1 heterocycles. The van der Waals surface area contributed by atoms with Crippen molar-refractivity contribution in [1.82, 2.24) is 9.97 Å². The van der Waals surface area contributed by atoms with Crippen LogP contribution in [0.25, 0.3) is 11.3 Å². The Kier molecular flexibility index (Phi) is 4.85. The molecule has 1 aromatic carbocycles. The van der Waals surface area contributed by atoms with Gasteiger partial charge >= 0.3 is 0 Å². The van der Waals surface area contributed by atoms with Gasteiger partial charge in [-0.2, -0.15) is 0 Å². The molecule has 2 N–H and O–H groups in total. The van der Waals surface area contributed by atoms with Crippen LogP contribution in [0.4, 0.5) is 5.82 Å². The number of sulfone groups is 1. The van der Waals surface area contributed by atoms with Crippen molar-refractivity contribution in [3.05, 3.63) is 35.7 Å². The van der Waals surface area contributed by atoms with E-state index in [1.807, 2.05) is 26.8 Å². The first kappa shape index (κ1) is 18.2. The van der Waals surface area contributed by atoms with E-state index in [4.69, 9.17) is 10.5 Å². The molecule has 0 saturated heterocycles. The molecule has 0 atom stereocenters. The lowest BCUT2D eigenvalue weighted by Gasteiger charge is -2.20. The number of anilines is 1. The van der Waals surface area contributed by atoms with Gasteiger partial charge in [0.2, 0.25) is 0 Å². The highest BCUT2D eigenvalue weighted by molar-refractivity contribution is 7.89. The molecule has 6 nitrogen and oxygen atoms in total. The molecule has 7 heteroatoms. The van der Waals surface area contributed by atoms with Gasteiger partial charge in [0.1, 0.15) is 11.6 Å². The van der Waals surface area contributed by atoms with Crippen molar-refractivity contribution in [3.8, 4) is 17.0 Å². The number of nitrogens with zero attached hydrogens (tertiary/aromatic N) is 2. The molecule has 24 heavy (non-hydrogen) atoms. The van der Waals surface area contributed by atoms with Crippen LogP contribution in [0, 0.1) is 0 Å². The normalized spacial score (nSPS) is 12.2. The Hall–Kier alpha value is -2.15. The fourth-order valence-corrected chi connectivity index (χ4v) is 3.21. The van der Waals surface area contributed by atoms with E-state index in [1.54, 1.807) is 18.3 Å². The number of aromatic nitrogens is 2. The average Bonchev–Trinajstić information content (AvgIpc) is 2.44. The number of benzene rings is 1. The summed E-state index contributed by atoms with van der Waals surface area (Å²) in [4.78, 5) is 8.86. The first-order valence-electron chi connectivity index (χ1n) is 7.49. The zero-order valence-corrected chi connectivity index (χ0v) is 15.4. The molecule has 1 aromatic heterocycles. The summed E-state index contributed by atoms with van der Waals surface area (Å²) in [6.45, 7) is 6.04. The molecule has 0 saturated carbocycles. The smallest absolute Gasteiger partial charge is 0.151 e. The molecular weight excluding hydrogens is 326 g/mol. The van der Waals surface area contributed by atoms with Gasteiger partial charge in [0.25, 0.3) is 0 Å². The minimum atomic E-state index is -3.18. The number of nitrogen functional groups attached to an aromatic ring is 1. The molecule has 0 aliphatic rings. The maximum Gasteiger partial charge on any atom is 0.151 e. The predicted octanol–water partition coefficient (Wildman–Crippen LogP) is 2.58. The summed E-state index contributed by atoms with van der Waals surface area (Å²) in [6.07, 6.45) is 2.79. The molecule has 0 aliphatic carbocycles. The van der Waals surface area contributed by atoms with E-state index in [0.717, 1.165) is 5.56 Å². The molecule has 0 amide bonds. The second kappa shape index (κ2) is 6.39. The lowest BCUT2D eigenvalue weighted by atomic mass is 9.91. The van der Waals surface area contributed by atoms with E-state index in [9.17, 15) is 8.42 Å². The third kappa shape index (κ3) is 4.23. The zero-order chi connectivity index (χ0) is 18.1. The van der Waals surface area contributed by atoms with Crippen molar-refractivity contribution in [1.29, 1.82) is 0 Å². The maximum atomic E-state index is 11.6. The maximum absolute atomic E-state index is 11.6. The number of hydrogen-bond donors (Lipinski definition) is 1. The van der Waals surface area contributed by atoms with Gasteiger partial charge in [-0.1, -0.05) is 20.8 Å². The summed E-state index contributed by atoms with van der Waals surface area (Å²) in [7, 11) is -1.67. The van der Waals surface area contributed by atoms with E-state index < -0.39 is 9.84 Å². The third-order valence-corrected chi connectivity index (χ3v) is 4.34. The van der Waals surface area contributed by atoms with Crippen LogP contribution in [0.5, 0.6) is 5.75 Å². The average molecular weight is 349 g/mol. The Morgan fingerprint density at radius 3 is 2.46 bits per heavy atom. The Morgan fingerprint density at radius 2 is 1.92 bits per heavy atom. The third-order valence-electron chi connectivity index (χ3n) is 3.51. The van der Waals surface area contributed by atoms with Gasteiger partial charge in [-0.05, 0) is 18.2 Å². The van der Waals surface area contributed by atoms with Gasteiger partial charge in [0.05, 0.1) is 30.4 Å². The molecular formula is C17H23N3O3S. The predicted molar refractivity (Wildman–Crippen MR) is 95.7 cm³/mol. The highest BCUT2D eigenvalue weighted by Crippen LogP contribution is 2.30. The SMILES string of the molecule is COc1ccc(-c2cnc(N)c(C(C)(C)C)n2)cc1CS(C)(=O)=O. The highest BCUT2D eigenvalue weighted by Gasteiger charge is 2.21. The van der Waals surface area contributed by atoms with Crippen LogP contribution in [0.1, 0.15) is 32.0 Å². The van der Waals surface area contributed by atoms with Crippen LogP contribution >= 0.6 is 0 Å². The summed E-state index contributed by atoms with van der Waals surface area (Å²) >= 11 is 0. The van der Waals surface area contributed by atoms with E-state index in [0.29, 0.717) is 28.5 Å². The minimum absolute atomic E-state index is 0.0987. The molecule has 0 unspecified atom stereocenters. The van der Waals surface area contributed by atoms with Crippen molar-refractivity contribution >= 4 is 15.7 Å². The fraction of sp³-hybridized carbons (Fsp3) is 0.412. The number of nitrogens with two attached hydrogens (primary N) is 1. The van der Waals surface area contributed by atoms with Gasteiger partial charge in [0.15, 0.2) is 9.84 Å². The molecule has 0 spiro atoms. The van der Waals surface area contributed by atoms with Crippen LogP contribution in [-0.4, -0.2) is 31.8 Å². The van der Waals surface area contributed by atoms with Crippen molar-refractivity contribution in [2.75, 3.05) is 19.1 Å². The van der Waals surface area contributed by atoms with E-state index in [-0.39, 0.29) is 11.2 Å². The fourth-order valence-electron chi connectivity index (χ4n) is 2.42. The zero-order valence-electron chi connectivity index (χ0n) is 14.6. The Balaban J connectivity index is 2.55. The monoisotopic (exact) mass is 349 g/mol. The minimum Gasteiger partial charge on any atom is -0.496 e. The highest BCUT2D eigenvalue weighted by atomic mass is 32.2. The second-order valence-corrected chi connectivity index (χ2v) is 8.98. The van der Waals surface area contributed by atoms with Crippen LogP contribution in [-0.2, 0) is 21.0 Å². The van der Waals surface area contributed by atoms with Gasteiger partial charge < -0.3 is 10.5 Å². The second-order valence-electron chi connectivity index (χ2n) is 6.84. The summed E-state index contributed by atoms with van der Waals surface area (Å²) in [5.41, 5.74) is 8.41. The summed E-state index contributed by atoms with van der Waals surface area (Å²) < 4.78 is 28.6. The topological polar surface area (TPSA) is 95.2 Å². The van der Waals surface area contributed by atoms with Crippen molar-refractivity contribution in [2.45, 2.75) is 31.9 Å². The summed E-state index contributed by atoms with van der Waals surface area (Å²) in [6, 6.07) is 5.34. The van der Waals surface area contributed by atoms with Crippen LogP contribution in [0.2, 0.25) is 0 Å². The number of hydrogen-bond acceptors (Lipinski definition) is 6. The first-order chi connectivity index (χ1) is 11.0. The first-order valence-corrected chi connectivity index (χ1v) is 9.55. The van der Waals surface area contributed by atoms with Gasteiger partial charge in [-0.15, -0.1) is 0 Å². The van der Waals surface area contributed by atoms with E-state index in [2.05, 4.69) is 9.97 Å². The Bertz CT molecular complexity index is 856. The molecule has 0 fully saturated rings. The molecule has 0 aliphatic heterocycles. The van der Waals surface area contributed by atoms with Crippen molar-refractivity contribution < 1.29 is 13.2 Å². The van der Waals surface area contributed by atoms with Crippen molar-refractivity contribution in [3.63, 3.8) is 0 Å². The quantitative estimate of drug-likeness (QED) is 0.911. The van der Waals surface area contributed by atoms with Crippen LogP contribution in [0.3, 0.4) is 0 Å². The standard InChI is InChI=1S/C17H23N3O3S/c1-17(2,3)15-16(18)19-9-13(20-15)11-6-7-14(23-4)12(8-11)10-24(5,21)22/h6-9H,10H2,1-5H3,(H2,18,19). The van der Waals surface area contributed by atoms with Gasteiger partial charge in [-0.3, -0.25) is 0 Å². The molecule has 2 aromatic rings. The van der Waals surface area contributed by atoms with Crippen LogP contribution in [0.15, 0.2) is 24.4 Å². The summed E-state index contributed by atoms with van der Waals surface area (Å²) in [5.74, 6) is 0.832. The van der Waals surface area contributed by atoms with Crippen LogP contribution < -0.4 is 10.5 Å². The lowest BCUT2D eigenvalue weighted by Crippen LogP contribution is -2.17. The molecule has 0 bridgehead atoms. The molecule has 130 valence electrons. The molecule has 2 rings (SSSR count). The lowest BCUT2D eigenvalue weighted by molar-refractivity contribution is 0.411. The Morgan fingerprint density at radius 1 is 1.25 bits per heavy atom. The van der Waals surface area contributed by atoms with Gasteiger partial charge in [-0.25, -0.2) is 18.4 Å². The largest absolute Gasteiger partial charge is 0.496 e. The summed E-state index contributed by atoms with van der Waals surface area (Å²) in [5, 5.41) is 0. The number of methoxy groups -OCH3 is 1. The number of ether oxygens (including phenoxy) is 1. The van der Waals surface area contributed by atoms with E-state index >= 15 is 0 Å². The van der Waals surface area contributed by atoms with Gasteiger partial charge in [0, 0.05) is 22.8 Å². The Labute approximate surface area is 143 Å². The van der Waals surface area contributed by atoms with E-state index in [1.165, 1.54) is 13.4 Å². The molecule has 0 radical (unpaired) electrons. The number of rotatable bonds is 4.